The molecule has 0 unspecified atom stereocenters. The molecule has 3 rings (SSSR count). The van der Waals surface area contributed by atoms with Gasteiger partial charge in [0.25, 0.3) is 0 Å². The summed E-state index contributed by atoms with van der Waals surface area (Å²) >= 11 is 5.80. The maximum absolute atomic E-state index is 5.80. The fourth-order valence-corrected chi connectivity index (χ4v) is 2.06. The number of hydrogen-bond acceptors (Lipinski definition) is 5. The van der Waals surface area contributed by atoms with Gasteiger partial charge >= 0.3 is 0 Å². The van der Waals surface area contributed by atoms with Crippen LogP contribution in [0.4, 0.5) is 0 Å². The van der Waals surface area contributed by atoms with Gasteiger partial charge in [0, 0.05) is 18.5 Å². The van der Waals surface area contributed by atoms with E-state index in [9.17, 15) is 0 Å². The van der Waals surface area contributed by atoms with E-state index in [0.29, 0.717) is 24.7 Å². The van der Waals surface area contributed by atoms with E-state index in [4.69, 9.17) is 16.1 Å². The van der Waals surface area contributed by atoms with Crippen molar-refractivity contribution in [1.29, 1.82) is 0 Å². The van der Waals surface area contributed by atoms with Crippen molar-refractivity contribution in [1.82, 2.24) is 24.7 Å². The quantitative estimate of drug-likeness (QED) is 0.670. The Morgan fingerprint density at radius 1 is 1.39 bits per heavy atom. The molecule has 7 heteroatoms. The van der Waals surface area contributed by atoms with E-state index in [1.807, 2.05) is 10.6 Å². The molecule has 0 saturated heterocycles. The summed E-state index contributed by atoms with van der Waals surface area (Å²) in [5.41, 5.74) is 1.84. The Hall–Kier alpha value is -1.95. The molecule has 0 amide bonds. The molecule has 18 heavy (non-hydrogen) atoms. The summed E-state index contributed by atoms with van der Waals surface area (Å²) in [6, 6.07) is 1.92. The molecule has 0 aliphatic heterocycles. The first-order valence-corrected chi connectivity index (χ1v) is 6.02. The van der Waals surface area contributed by atoms with Crippen molar-refractivity contribution in [3.05, 3.63) is 36.5 Å². The van der Waals surface area contributed by atoms with Gasteiger partial charge in [0.2, 0.25) is 6.39 Å². The minimum absolute atomic E-state index is 0.517. The van der Waals surface area contributed by atoms with Gasteiger partial charge in [-0.25, -0.2) is 4.98 Å². The van der Waals surface area contributed by atoms with Crippen LogP contribution in [-0.4, -0.2) is 30.6 Å². The second-order valence-corrected chi connectivity index (χ2v) is 4.14. The van der Waals surface area contributed by atoms with Crippen LogP contribution in [0.15, 0.2) is 29.4 Å². The largest absolute Gasteiger partial charge is 0.343 e. The van der Waals surface area contributed by atoms with Crippen molar-refractivity contribution in [2.24, 2.45) is 0 Å². The highest BCUT2D eigenvalue weighted by atomic mass is 35.5. The normalized spacial score (nSPS) is 11.2. The first-order valence-electron chi connectivity index (χ1n) is 5.49. The Morgan fingerprint density at radius 3 is 3.11 bits per heavy atom. The Morgan fingerprint density at radius 2 is 2.33 bits per heavy atom. The van der Waals surface area contributed by atoms with Crippen LogP contribution in [0.25, 0.3) is 11.0 Å². The summed E-state index contributed by atoms with van der Waals surface area (Å²) in [7, 11) is 0. The van der Waals surface area contributed by atoms with Crippen molar-refractivity contribution in [2.45, 2.75) is 13.0 Å². The van der Waals surface area contributed by atoms with Gasteiger partial charge in [0.15, 0.2) is 5.82 Å². The summed E-state index contributed by atoms with van der Waals surface area (Å²) in [6.45, 7) is 0.517. The minimum atomic E-state index is 0.517. The van der Waals surface area contributed by atoms with E-state index in [0.717, 1.165) is 16.9 Å². The summed E-state index contributed by atoms with van der Waals surface area (Å²) < 4.78 is 6.77. The number of aryl methyl sites for hydroxylation is 1. The molecule has 0 N–H and O–H groups in total. The van der Waals surface area contributed by atoms with Crippen LogP contribution in [-0.2, 0) is 13.0 Å². The first kappa shape index (κ1) is 11.2. The molecule has 0 aliphatic rings. The third kappa shape index (κ3) is 1.95. The Bertz CT molecular complexity index is 649. The molecule has 3 aromatic rings. The predicted molar refractivity (Wildman–Crippen MR) is 65.4 cm³/mol. The molecule has 0 fully saturated rings. The molecule has 0 aromatic carbocycles. The van der Waals surface area contributed by atoms with Gasteiger partial charge in [-0.2, -0.15) is 4.98 Å². The fraction of sp³-hybridized carbons (Fsp3) is 0.273. The van der Waals surface area contributed by atoms with Crippen LogP contribution in [0.3, 0.4) is 0 Å². The van der Waals surface area contributed by atoms with Crippen molar-refractivity contribution in [3.8, 4) is 0 Å². The highest BCUT2D eigenvalue weighted by Crippen LogP contribution is 2.16. The fourth-order valence-electron chi connectivity index (χ4n) is 1.89. The second kappa shape index (κ2) is 4.73. The van der Waals surface area contributed by atoms with Gasteiger partial charge in [0.1, 0.15) is 11.3 Å². The first-order chi connectivity index (χ1) is 8.88. The number of alkyl halides is 1. The van der Waals surface area contributed by atoms with Gasteiger partial charge in [-0.15, -0.1) is 11.6 Å². The van der Waals surface area contributed by atoms with Gasteiger partial charge in [-0.3, -0.25) is 4.98 Å². The van der Waals surface area contributed by atoms with Crippen LogP contribution in [0, 0.1) is 0 Å². The number of imidazole rings is 1. The number of aromatic nitrogens is 5. The number of rotatable bonds is 4. The lowest BCUT2D eigenvalue weighted by molar-refractivity contribution is 0.408. The molecule has 92 valence electrons. The van der Waals surface area contributed by atoms with Crippen molar-refractivity contribution >= 4 is 22.6 Å². The van der Waals surface area contributed by atoms with Crippen LogP contribution in [0.5, 0.6) is 0 Å². The van der Waals surface area contributed by atoms with Crippen LogP contribution in [0.1, 0.15) is 11.6 Å². The number of fused-ring (bicyclic) bond motifs is 1. The van der Waals surface area contributed by atoms with E-state index in [2.05, 4.69) is 20.1 Å². The molecule has 0 aliphatic carbocycles. The maximum atomic E-state index is 5.80. The van der Waals surface area contributed by atoms with E-state index < -0.39 is 0 Å². The van der Waals surface area contributed by atoms with Crippen molar-refractivity contribution < 1.29 is 4.52 Å². The summed E-state index contributed by atoms with van der Waals surface area (Å²) in [4.78, 5) is 12.6. The van der Waals surface area contributed by atoms with Gasteiger partial charge in [0.05, 0.1) is 18.3 Å². The highest BCUT2D eigenvalue weighted by molar-refractivity contribution is 6.17. The molecule has 3 aromatic heterocycles. The molecule has 3 heterocycles. The predicted octanol–water partition coefficient (Wildman–Crippen LogP) is 1.64. The van der Waals surface area contributed by atoms with E-state index >= 15 is 0 Å². The van der Waals surface area contributed by atoms with E-state index in [-0.39, 0.29) is 0 Å². The lowest BCUT2D eigenvalue weighted by Crippen LogP contribution is -2.07. The maximum Gasteiger partial charge on any atom is 0.213 e. The third-order valence-electron chi connectivity index (χ3n) is 2.65. The van der Waals surface area contributed by atoms with Crippen LogP contribution >= 0.6 is 11.6 Å². The SMILES string of the molecule is ClCCc1nc2cnccc2n1Cc1ncon1. The molecular weight excluding hydrogens is 254 g/mol. The van der Waals surface area contributed by atoms with Crippen molar-refractivity contribution in [3.63, 3.8) is 0 Å². The zero-order valence-corrected chi connectivity index (χ0v) is 10.2. The van der Waals surface area contributed by atoms with Gasteiger partial charge in [-0.1, -0.05) is 5.16 Å². The van der Waals surface area contributed by atoms with E-state index in [1.165, 1.54) is 6.39 Å². The van der Waals surface area contributed by atoms with Crippen LogP contribution in [0.2, 0.25) is 0 Å². The zero-order chi connectivity index (χ0) is 12.4. The molecule has 6 nitrogen and oxygen atoms in total. The number of nitrogens with zero attached hydrogens (tertiary/aromatic N) is 5. The zero-order valence-electron chi connectivity index (χ0n) is 9.45. The highest BCUT2D eigenvalue weighted by Gasteiger charge is 2.12. The topological polar surface area (TPSA) is 69.6 Å². The summed E-state index contributed by atoms with van der Waals surface area (Å²) in [5, 5.41) is 3.82. The van der Waals surface area contributed by atoms with Crippen LogP contribution < -0.4 is 0 Å². The smallest absolute Gasteiger partial charge is 0.213 e. The number of halogens is 1. The number of hydrogen-bond donors (Lipinski definition) is 0. The molecule has 0 saturated carbocycles. The molecular formula is C11H10ClN5O. The molecule has 0 radical (unpaired) electrons. The van der Waals surface area contributed by atoms with Gasteiger partial charge < -0.3 is 9.09 Å². The van der Waals surface area contributed by atoms with Gasteiger partial charge in [-0.05, 0) is 6.07 Å². The lowest BCUT2D eigenvalue weighted by atomic mass is 10.4. The number of pyridine rings is 1. The lowest BCUT2D eigenvalue weighted by Gasteiger charge is -2.04. The van der Waals surface area contributed by atoms with Crippen molar-refractivity contribution in [2.75, 3.05) is 5.88 Å². The Labute approximate surface area is 108 Å². The molecule has 0 bridgehead atoms. The monoisotopic (exact) mass is 263 g/mol. The molecule has 0 atom stereocenters. The average Bonchev–Trinajstić information content (AvgIpc) is 3.00. The third-order valence-corrected chi connectivity index (χ3v) is 2.84. The Balaban J connectivity index is 2.09. The molecule has 0 spiro atoms. The summed E-state index contributed by atoms with van der Waals surface area (Å²) in [6.07, 6.45) is 5.48. The Kier molecular flexibility index (Phi) is 2.93. The standard InChI is InChI=1S/C11H10ClN5O/c12-3-1-11-15-8-5-13-4-2-9(8)17(11)6-10-14-7-18-16-10/h2,4-5,7H,1,3,6H2. The average molecular weight is 264 g/mol. The second-order valence-electron chi connectivity index (χ2n) is 3.76. The minimum Gasteiger partial charge on any atom is -0.343 e. The summed E-state index contributed by atoms with van der Waals surface area (Å²) in [5.74, 6) is 2.03. The van der Waals surface area contributed by atoms with E-state index in [1.54, 1.807) is 12.4 Å².